The van der Waals surface area contributed by atoms with Crippen molar-refractivity contribution in [3.05, 3.63) is 65.7 Å². The third-order valence-electron chi connectivity index (χ3n) is 3.03. The normalized spacial score (nSPS) is 12.8. The third-order valence-corrected chi connectivity index (χ3v) is 3.03. The first kappa shape index (κ1) is 11.0. The maximum atomic E-state index is 6.23. The van der Waals surface area contributed by atoms with Crippen LogP contribution in [-0.2, 0) is 0 Å². The third kappa shape index (κ3) is 1.89. The number of pyridine rings is 1. The molecule has 2 aromatic heterocycles. The summed E-state index contributed by atoms with van der Waals surface area (Å²) >= 11 is 0. The molecule has 3 rings (SSSR count). The lowest BCUT2D eigenvalue weighted by Crippen LogP contribution is -2.11. The lowest BCUT2D eigenvalue weighted by Gasteiger charge is -2.09. The van der Waals surface area contributed by atoms with Crippen LogP contribution in [0.1, 0.15) is 23.1 Å². The Bertz CT molecular complexity index is 655. The zero-order chi connectivity index (χ0) is 12.5. The first-order chi connectivity index (χ1) is 8.74. The number of fused-ring (bicyclic) bond motifs is 1. The molecular weight excluding hydrogens is 224 g/mol. The topological polar surface area (TPSA) is 52.0 Å². The average Bonchev–Trinajstić information content (AvgIpc) is 2.81. The molecule has 0 spiro atoms. The van der Waals surface area contributed by atoms with Crippen molar-refractivity contribution < 1.29 is 4.42 Å². The molecule has 0 aliphatic rings. The smallest absolute Gasteiger partial charge is 0.134 e. The van der Waals surface area contributed by atoms with Gasteiger partial charge in [-0.25, -0.2) is 0 Å². The number of nitrogens with two attached hydrogens (primary N) is 1. The molecule has 1 unspecified atom stereocenters. The molecule has 1 atom stereocenters. The van der Waals surface area contributed by atoms with Crippen LogP contribution in [0.2, 0.25) is 0 Å². The first-order valence-corrected chi connectivity index (χ1v) is 5.90. The van der Waals surface area contributed by atoms with Crippen molar-refractivity contribution in [1.29, 1.82) is 0 Å². The van der Waals surface area contributed by atoms with Gasteiger partial charge in [-0.3, -0.25) is 4.98 Å². The summed E-state index contributed by atoms with van der Waals surface area (Å²) in [4.78, 5) is 4.17. The number of hydrogen-bond donors (Lipinski definition) is 1. The van der Waals surface area contributed by atoms with Crippen LogP contribution < -0.4 is 5.73 Å². The van der Waals surface area contributed by atoms with Crippen molar-refractivity contribution in [2.24, 2.45) is 5.73 Å². The maximum Gasteiger partial charge on any atom is 0.134 e. The van der Waals surface area contributed by atoms with Crippen LogP contribution in [0, 0.1) is 6.92 Å². The second kappa shape index (κ2) is 4.27. The molecule has 3 nitrogen and oxygen atoms in total. The molecule has 3 heteroatoms. The average molecular weight is 238 g/mol. The number of nitrogens with zero attached hydrogens (tertiary/aromatic N) is 1. The monoisotopic (exact) mass is 238 g/mol. The standard InChI is InChI=1S/C15H14N2O/c1-10-8-12(6-7-17-10)15(16)14-9-11-4-2-3-5-13(11)18-14/h2-9,15H,16H2,1H3. The van der Waals surface area contributed by atoms with Gasteiger partial charge in [0.05, 0.1) is 6.04 Å². The van der Waals surface area contributed by atoms with E-state index in [9.17, 15) is 0 Å². The van der Waals surface area contributed by atoms with Gasteiger partial charge in [-0.2, -0.15) is 0 Å². The predicted octanol–water partition coefficient (Wildman–Crippen LogP) is 3.18. The van der Waals surface area contributed by atoms with E-state index in [4.69, 9.17) is 10.2 Å². The Labute approximate surface area is 105 Å². The summed E-state index contributed by atoms with van der Waals surface area (Å²) in [6, 6.07) is 13.6. The summed E-state index contributed by atoms with van der Waals surface area (Å²) < 4.78 is 5.78. The molecule has 2 heterocycles. The van der Waals surface area contributed by atoms with Gasteiger partial charge in [0, 0.05) is 17.3 Å². The second-order valence-corrected chi connectivity index (χ2v) is 4.39. The summed E-state index contributed by atoms with van der Waals surface area (Å²) in [6.07, 6.45) is 1.77. The van der Waals surface area contributed by atoms with Gasteiger partial charge in [0.1, 0.15) is 11.3 Å². The molecule has 0 radical (unpaired) electrons. The highest BCUT2D eigenvalue weighted by molar-refractivity contribution is 5.77. The number of hydrogen-bond acceptors (Lipinski definition) is 3. The Hall–Kier alpha value is -2.13. The van der Waals surface area contributed by atoms with Crippen molar-refractivity contribution in [2.45, 2.75) is 13.0 Å². The molecule has 1 aromatic carbocycles. The van der Waals surface area contributed by atoms with E-state index in [1.807, 2.05) is 49.4 Å². The highest BCUT2D eigenvalue weighted by atomic mass is 16.3. The molecule has 0 saturated carbocycles. The zero-order valence-electron chi connectivity index (χ0n) is 10.1. The molecule has 0 fully saturated rings. The van der Waals surface area contributed by atoms with Gasteiger partial charge in [-0.15, -0.1) is 0 Å². The number of benzene rings is 1. The Kier molecular flexibility index (Phi) is 2.61. The maximum absolute atomic E-state index is 6.23. The van der Waals surface area contributed by atoms with E-state index in [2.05, 4.69) is 4.98 Å². The fraction of sp³-hybridized carbons (Fsp3) is 0.133. The fourth-order valence-corrected chi connectivity index (χ4v) is 2.08. The van der Waals surface area contributed by atoms with E-state index in [1.54, 1.807) is 6.20 Å². The van der Waals surface area contributed by atoms with Crippen LogP contribution in [0.15, 0.2) is 53.1 Å². The molecule has 18 heavy (non-hydrogen) atoms. The van der Waals surface area contributed by atoms with Crippen LogP contribution >= 0.6 is 0 Å². The molecule has 0 amide bonds. The zero-order valence-corrected chi connectivity index (χ0v) is 10.1. The van der Waals surface area contributed by atoms with Gasteiger partial charge in [-0.1, -0.05) is 18.2 Å². The van der Waals surface area contributed by atoms with Crippen LogP contribution in [0.25, 0.3) is 11.0 Å². The summed E-state index contributed by atoms with van der Waals surface area (Å²) in [5, 5.41) is 1.08. The summed E-state index contributed by atoms with van der Waals surface area (Å²) in [7, 11) is 0. The Balaban J connectivity index is 2.03. The van der Waals surface area contributed by atoms with Crippen molar-refractivity contribution >= 4 is 11.0 Å². The Morgan fingerprint density at radius 1 is 1.17 bits per heavy atom. The minimum absolute atomic E-state index is 0.251. The van der Waals surface area contributed by atoms with E-state index < -0.39 is 0 Å². The van der Waals surface area contributed by atoms with Gasteiger partial charge >= 0.3 is 0 Å². The van der Waals surface area contributed by atoms with Crippen molar-refractivity contribution in [3.63, 3.8) is 0 Å². The van der Waals surface area contributed by atoms with Gasteiger partial charge in [0.25, 0.3) is 0 Å². The minimum Gasteiger partial charge on any atom is -0.459 e. The van der Waals surface area contributed by atoms with Gasteiger partial charge < -0.3 is 10.2 Å². The molecule has 90 valence electrons. The molecule has 0 aliphatic heterocycles. The molecule has 3 aromatic rings. The molecule has 0 saturated heterocycles. The predicted molar refractivity (Wildman–Crippen MR) is 71.2 cm³/mol. The Morgan fingerprint density at radius 2 is 2.00 bits per heavy atom. The number of aromatic nitrogens is 1. The van der Waals surface area contributed by atoms with Crippen molar-refractivity contribution in [1.82, 2.24) is 4.98 Å². The quantitative estimate of drug-likeness (QED) is 0.746. The number of furan rings is 1. The van der Waals surface area contributed by atoms with E-state index in [0.717, 1.165) is 28.0 Å². The van der Waals surface area contributed by atoms with Crippen molar-refractivity contribution in [3.8, 4) is 0 Å². The molecule has 2 N–H and O–H groups in total. The first-order valence-electron chi connectivity index (χ1n) is 5.90. The number of para-hydroxylation sites is 1. The summed E-state index contributed by atoms with van der Waals surface area (Å²) in [5.74, 6) is 0.779. The number of rotatable bonds is 2. The highest BCUT2D eigenvalue weighted by Crippen LogP contribution is 2.26. The molecular formula is C15H14N2O. The molecule has 0 bridgehead atoms. The number of aryl methyl sites for hydroxylation is 1. The summed E-state index contributed by atoms with van der Waals surface area (Å²) in [5.41, 5.74) is 9.07. The second-order valence-electron chi connectivity index (χ2n) is 4.39. The van der Waals surface area contributed by atoms with E-state index >= 15 is 0 Å². The Morgan fingerprint density at radius 3 is 2.78 bits per heavy atom. The van der Waals surface area contributed by atoms with Gasteiger partial charge in [-0.05, 0) is 36.8 Å². The SMILES string of the molecule is Cc1cc(C(N)c2cc3ccccc3o2)ccn1. The largest absolute Gasteiger partial charge is 0.459 e. The van der Waals surface area contributed by atoms with Crippen LogP contribution in [-0.4, -0.2) is 4.98 Å². The fourth-order valence-electron chi connectivity index (χ4n) is 2.08. The lowest BCUT2D eigenvalue weighted by molar-refractivity contribution is 0.525. The van der Waals surface area contributed by atoms with Crippen LogP contribution in [0.5, 0.6) is 0 Å². The van der Waals surface area contributed by atoms with Gasteiger partial charge in [0.15, 0.2) is 0 Å². The van der Waals surface area contributed by atoms with Crippen LogP contribution in [0.3, 0.4) is 0 Å². The van der Waals surface area contributed by atoms with Crippen molar-refractivity contribution in [2.75, 3.05) is 0 Å². The highest BCUT2D eigenvalue weighted by Gasteiger charge is 2.14. The van der Waals surface area contributed by atoms with Gasteiger partial charge in [0.2, 0.25) is 0 Å². The minimum atomic E-state index is -0.251. The van der Waals surface area contributed by atoms with Crippen LogP contribution in [0.4, 0.5) is 0 Å². The van der Waals surface area contributed by atoms with E-state index in [1.165, 1.54) is 0 Å². The molecule has 0 aliphatic carbocycles. The van der Waals surface area contributed by atoms with E-state index in [-0.39, 0.29) is 6.04 Å². The lowest BCUT2D eigenvalue weighted by atomic mass is 10.1. The summed E-state index contributed by atoms with van der Waals surface area (Å²) in [6.45, 7) is 1.95. The van der Waals surface area contributed by atoms with E-state index in [0.29, 0.717) is 0 Å².